The first-order valence-electron chi connectivity index (χ1n) is 8.59. The van der Waals surface area contributed by atoms with E-state index in [1.165, 1.54) is 12.1 Å². The maximum absolute atomic E-state index is 13.2. The lowest BCUT2D eigenvalue weighted by molar-refractivity contribution is -0.120. The second kappa shape index (κ2) is 7.16. The summed E-state index contributed by atoms with van der Waals surface area (Å²) in [5.41, 5.74) is 2.44. The summed E-state index contributed by atoms with van der Waals surface area (Å²) < 4.78 is 13.2. The number of Topliss-reactive ketones (excluding diaryl/α,β-unsaturated/α-hetero) is 1. The Labute approximate surface area is 141 Å². The molecule has 0 radical (unpaired) electrons. The van der Waals surface area contributed by atoms with E-state index in [0.717, 1.165) is 43.4 Å². The maximum atomic E-state index is 13.2. The monoisotopic (exact) mass is 330 g/mol. The molecule has 4 nitrogen and oxygen atoms in total. The molecule has 0 aliphatic heterocycles. The van der Waals surface area contributed by atoms with Crippen LogP contribution in [0.5, 0.6) is 0 Å². The van der Waals surface area contributed by atoms with Crippen molar-refractivity contribution < 1.29 is 14.0 Å². The first kappa shape index (κ1) is 16.7. The summed E-state index contributed by atoms with van der Waals surface area (Å²) in [6, 6.07) is 6.30. The number of nitrogens with one attached hydrogen (secondary N) is 2. The Morgan fingerprint density at radius 2 is 1.92 bits per heavy atom. The Morgan fingerprint density at radius 3 is 2.54 bits per heavy atom. The van der Waals surface area contributed by atoms with E-state index in [2.05, 4.69) is 10.6 Å². The summed E-state index contributed by atoms with van der Waals surface area (Å²) in [6.45, 7) is 1.88. The molecule has 1 amide bonds. The SMILES string of the molecule is CC1=C(N[C@H]2CC[C@H](C(=O)Nc3cccc(F)c3)CC2)CCC1=O. The molecule has 0 unspecified atom stereocenters. The Morgan fingerprint density at radius 1 is 1.17 bits per heavy atom. The van der Waals surface area contributed by atoms with Crippen molar-refractivity contribution in [3.8, 4) is 0 Å². The predicted molar refractivity (Wildman–Crippen MR) is 90.9 cm³/mol. The van der Waals surface area contributed by atoms with Gasteiger partial charge in [-0.05, 0) is 57.2 Å². The van der Waals surface area contributed by atoms with Crippen LogP contribution in [0.2, 0.25) is 0 Å². The minimum absolute atomic E-state index is 0.0356. The molecular weight excluding hydrogens is 307 g/mol. The lowest BCUT2D eigenvalue weighted by Gasteiger charge is -2.29. The minimum atomic E-state index is -0.351. The predicted octanol–water partition coefficient (Wildman–Crippen LogP) is 3.55. The van der Waals surface area contributed by atoms with Crippen molar-refractivity contribution in [1.29, 1.82) is 0 Å². The van der Waals surface area contributed by atoms with Gasteiger partial charge in [-0.25, -0.2) is 4.39 Å². The van der Waals surface area contributed by atoms with Crippen LogP contribution in [0.15, 0.2) is 35.5 Å². The number of hydrogen-bond acceptors (Lipinski definition) is 3. The van der Waals surface area contributed by atoms with Crippen LogP contribution < -0.4 is 10.6 Å². The van der Waals surface area contributed by atoms with Crippen LogP contribution in [0.4, 0.5) is 10.1 Å². The molecule has 0 atom stereocenters. The fourth-order valence-electron chi connectivity index (χ4n) is 3.52. The van der Waals surface area contributed by atoms with Gasteiger partial charge in [-0.1, -0.05) is 6.07 Å². The van der Waals surface area contributed by atoms with E-state index in [9.17, 15) is 14.0 Å². The molecule has 3 rings (SSSR count). The normalized spacial score (nSPS) is 24.2. The third-order valence-corrected chi connectivity index (χ3v) is 5.04. The maximum Gasteiger partial charge on any atom is 0.227 e. The van der Waals surface area contributed by atoms with Gasteiger partial charge < -0.3 is 10.6 Å². The molecule has 2 aliphatic rings. The molecule has 0 aromatic heterocycles. The van der Waals surface area contributed by atoms with Crippen LogP contribution in [-0.2, 0) is 9.59 Å². The summed E-state index contributed by atoms with van der Waals surface area (Å²) in [5.74, 6) is -0.187. The summed E-state index contributed by atoms with van der Waals surface area (Å²) >= 11 is 0. The topological polar surface area (TPSA) is 58.2 Å². The molecule has 1 aromatic rings. The van der Waals surface area contributed by atoms with Gasteiger partial charge >= 0.3 is 0 Å². The number of amides is 1. The van der Waals surface area contributed by atoms with Gasteiger partial charge in [0.05, 0.1) is 0 Å². The Balaban J connectivity index is 1.50. The van der Waals surface area contributed by atoms with Crippen LogP contribution in [-0.4, -0.2) is 17.7 Å². The van der Waals surface area contributed by atoms with Crippen LogP contribution in [0, 0.1) is 11.7 Å². The molecule has 24 heavy (non-hydrogen) atoms. The van der Waals surface area contributed by atoms with E-state index < -0.39 is 0 Å². The van der Waals surface area contributed by atoms with Crippen molar-refractivity contribution >= 4 is 17.4 Å². The number of halogens is 1. The Kier molecular flexibility index (Phi) is 4.97. The average molecular weight is 330 g/mol. The molecule has 0 heterocycles. The standard InChI is InChI=1S/C19H23FN2O2/c1-12-17(9-10-18(12)23)21-15-7-5-13(6-8-15)19(24)22-16-4-2-3-14(20)11-16/h2-4,11,13,15,21H,5-10H2,1H3,(H,22,24)/t13-,15-. The van der Waals surface area contributed by atoms with Gasteiger partial charge in [0.1, 0.15) is 5.82 Å². The largest absolute Gasteiger partial charge is 0.385 e. The molecule has 0 saturated heterocycles. The summed E-state index contributed by atoms with van der Waals surface area (Å²) in [5, 5.41) is 6.29. The average Bonchev–Trinajstić information content (AvgIpc) is 2.87. The molecule has 5 heteroatoms. The van der Waals surface area contributed by atoms with Gasteiger partial charge in [0, 0.05) is 35.3 Å². The van der Waals surface area contributed by atoms with Crippen molar-refractivity contribution in [2.24, 2.45) is 5.92 Å². The first-order valence-corrected chi connectivity index (χ1v) is 8.59. The number of allylic oxidation sites excluding steroid dienone is 2. The molecule has 0 bridgehead atoms. The van der Waals surface area contributed by atoms with Crippen LogP contribution >= 0.6 is 0 Å². The number of ketones is 1. The van der Waals surface area contributed by atoms with E-state index in [1.54, 1.807) is 12.1 Å². The van der Waals surface area contributed by atoms with Crippen molar-refractivity contribution in [1.82, 2.24) is 5.32 Å². The van der Waals surface area contributed by atoms with E-state index in [-0.39, 0.29) is 23.4 Å². The van der Waals surface area contributed by atoms with Gasteiger partial charge in [0.2, 0.25) is 5.91 Å². The molecule has 1 fully saturated rings. The van der Waals surface area contributed by atoms with Crippen molar-refractivity contribution in [2.75, 3.05) is 5.32 Å². The summed E-state index contributed by atoms with van der Waals surface area (Å²) in [6.07, 6.45) is 4.85. The molecule has 128 valence electrons. The highest BCUT2D eigenvalue weighted by Crippen LogP contribution is 2.28. The van der Waals surface area contributed by atoms with E-state index in [4.69, 9.17) is 0 Å². The van der Waals surface area contributed by atoms with Gasteiger partial charge in [0.15, 0.2) is 5.78 Å². The molecule has 2 N–H and O–H groups in total. The fraction of sp³-hybridized carbons (Fsp3) is 0.474. The zero-order valence-corrected chi connectivity index (χ0v) is 13.9. The third kappa shape index (κ3) is 3.83. The zero-order valence-electron chi connectivity index (χ0n) is 13.9. The summed E-state index contributed by atoms with van der Waals surface area (Å²) in [4.78, 5) is 23.9. The second-order valence-corrected chi connectivity index (χ2v) is 6.72. The van der Waals surface area contributed by atoms with Crippen LogP contribution in [0.1, 0.15) is 45.4 Å². The second-order valence-electron chi connectivity index (χ2n) is 6.72. The lowest BCUT2D eigenvalue weighted by Crippen LogP contribution is -2.36. The number of carbonyl (C=O) groups is 2. The van der Waals surface area contributed by atoms with E-state index >= 15 is 0 Å². The molecule has 1 saturated carbocycles. The van der Waals surface area contributed by atoms with E-state index in [1.807, 2.05) is 6.92 Å². The lowest BCUT2D eigenvalue weighted by atomic mass is 9.85. The molecule has 0 spiro atoms. The molecule has 2 aliphatic carbocycles. The van der Waals surface area contributed by atoms with E-state index in [0.29, 0.717) is 18.2 Å². The van der Waals surface area contributed by atoms with Gasteiger partial charge in [-0.2, -0.15) is 0 Å². The van der Waals surface area contributed by atoms with Crippen molar-refractivity contribution in [2.45, 2.75) is 51.5 Å². The highest BCUT2D eigenvalue weighted by Gasteiger charge is 2.28. The zero-order chi connectivity index (χ0) is 17.1. The Bertz CT molecular complexity index is 676. The number of carbonyl (C=O) groups excluding carboxylic acids is 2. The fourth-order valence-corrected chi connectivity index (χ4v) is 3.52. The third-order valence-electron chi connectivity index (χ3n) is 5.04. The number of rotatable bonds is 4. The van der Waals surface area contributed by atoms with Gasteiger partial charge in [0.25, 0.3) is 0 Å². The molecule has 1 aromatic carbocycles. The van der Waals surface area contributed by atoms with Gasteiger partial charge in [-0.15, -0.1) is 0 Å². The number of anilines is 1. The number of hydrogen-bond donors (Lipinski definition) is 2. The molecular formula is C19H23FN2O2. The summed E-state index contributed by atoms with van der Waals surface area (Å²) in [7, 11) is 0. The van der Waals surface area contributed by atoms with Crippen LogP contribution in [0.3, 0.4) is 0 Å². The van der Waals surface area contributed by atoms with Crippen LogP contribution in [0.25, 0.3) is 0 Å². The van der Waals surface area contributed by atoms with Crippen molar-refractivity contribution in [3.05, 3.63) is 41.4 Å². The smallest absolute Gasteiger partial charge is 0.227 e. The first-order chi connectivity index (χ1) is 11.5. The van der Waals surface area contributed by atoms with Gasteiger partial charge in [-0.3, -0.25) is 9.59 Å². The minimum Gasteiger partial charge on any atom is -0.385 e. The number of benzene rings is 1. The highest BCUT2D eigenvalue weighted by molar-refractivity contribution is 5.98. The quantitative estimate of drug-likeness (QED) is 0.887. The van der Waals surface area contributed by atoms with Crippen molar-refractivity contribution in [3.63, 3.8) is 0 Å². The Hall–Kier alpha value is -2.17. The highest BCUT2D eigenvalue weighted by atomic mass is 19.1.